The summed E-state index contributed by atoms with van der Waals surface area (Å²) in [6.45, 7) is 3.23. The fourth-order valence-electron chi connectivity index (χ4n) is 3.10. The summed E-state index contributed by atoms with van der Waals surface area (Å²) in [6, 6.07) is 14.1. The number of benzene rings is 2. The lowest BCUT2D eigenvalue weighted by Crippen LogP contribution is -2.36. The van der Waals surface area contributed by atoms with Crippen LogP contribution < -0.4 is 24.8 Å². The summed E-state index contributed by atoms with van der Waals surface area (Å²) in [5, 5.41) is 7.71. The van der Waals surface area contributed by atoms with Crippen molar-refractivity contribution in [3.8, 4) is 27.8 Å². The van der Waals surface area contributed by atoms with Crippen LogP contribution in [0.5, 0.6) is 17.2 Å². The predicted octanol–water partition coefficient (Wildman–Crippen LogP) is 4.63. The van der Waals surface area contributed by atoms with Gasteiger partial charge in [-0.2, -0.15) is 0 Å². The maximum absolute atomic E-state index is 5.43. The Morgan fingerprint density at radius 2 is 1.59 bits per heavy atom. The summed E-state index contributed by atoms with van der Waals surface area (Å²) in [4.78, 5) is 10.2. The molecule has 0 bridgehead atoms. The lowest BCUT2D eigenvalue weighted by molar-refractivity contribution is 0.323. The Balaban J connectivity index is 0.00000363. The van der Waals surface area contributed by atoms with Gasteiger partial charge in [-0.05, 0) is 24.6 Å². The van der Waals surface area contributed by atoms with E-state index < -0.39 is 0 Å². The second kappa shape index (κ2) is 12.5. The van der Waals surface area contributed by atoms with Crippen molar-refractivity contribution in [1.29, 1.82) is 0 Å². The molecule has 0 aliphatic rings. The number of nitrogens with one attached hydrogen (secondary N) is 2. The van der Waals surface area contributed by atoms with Crippen LogP contribution in [0, 0.1) is 6.92 Å². The largest absolute Gasteiger partial charge is 0.493 e. The first-order valence-corrected chi connectivity index (χ1v) is 10.7. The highest BCUT2D eigenvalue weighted by Gasteiger charge is 2.14. The molecule has 3 rings (SSSR count). The van der Waals surface area contributed by atoms with Gasteiger partial charge in [0.05, 0.1) is 33.6 Å². The molecular formula is C23H29IN4O3S. The molecule has 0 fully saturated rings. The highest BCUT2D eigenvalue weighted by atomic mass is 127. The molecule has 0 aliphatic carbocycles. The third kappa shape index (κ3) is 6.26. The first-order valence-electron chi connectivity index (χ1n) is 9.84. The van der Waals surface area contributed by atoms with E-state index in [9.17, 15) is 0 Å². The number of thiazole rings is 1. The van der Waals surface area contributed by atoms with E-state index in [0.717, 1.165) is 21.8 Å². The molecule has 172 valence electrons. The number of aromatic nitrogens is 1. The van der Waals surface area contributed by atoms with Crippen molar-refractivity contribution in [3.05, 3.63) is 58.6 Å². The molecule has 0 amide bonds. The van der Waals surface area contributed by atoms with Crippen LogP contribution in [-0.4, -0.2) is 39.3 Å². The van der Waals surface area contributed by atoms with Gasteiger partial charge in [0.15, 0.2) is 17.5 Å². The summed E-state index contributed by atoms with van der Waals surface area (Å²) < 4.78 is 16.2. The molecule has 1 heterocycles. The van der Waals surface area contributed by atoms with Crippen LogP contribution in [0.1, 0.15) is 16.1 Å². The summed E-state index contributed by atoms with van der Waals surface area (Å²) in [6.07, 6.45) is 0. The van der Waals surface area contributed by atoms with Crippen molar-refractivity contribution >= 4 is 41.3 Å². The number of hydrogen-bond acceptors (Lipinski definition) is 6. The zero-order chi connectivity index (χ0) is 22.2. The molecule has 3 aromatic rings. The minimum atomic E-state index is 0. The smallest absolute Gasteiger partial charge is 0.203 e. The molecule has 0 radical (unpaired) electrons. The summed E-state index contributed by atoms with van der Waals surface area (Å²) in [5.41, 5.74) is 3.14. The average Bonchev–Trinajstić information content (AvgIpc) is 3.19. The number of ether oxygens (including phenoxy) is 3. The monoisotopic (exact) mass is 568 g/mol. The van der Waals surface area contributed by atoms with Crippen LogP contribution in [-0.2, 0) is 13.1 Å². The van der Waals surface area contributed by atoms with Gasteiger partial charge < -0.3 is 24.8 Å². The van der Waals surface area contributed by atoms with Gasteiger partial charge >= 0.3 is 0 Å². The zero-order valence-corrected chi connectivity index (χ0v) is 22.0. The number of aryl methyl sites for hydroxylation is 1. The van der Waals surface area contributed by atoms with Crippen LogP contribution in [0.2, 0.25) is 0 Å². The maximum atomic E-state index is 5.43. The molecule has 1 aromatic heterocycles. The molecule has 32 heavy (non-hydrogen) atoms. The van der Waals surface area contributed by atoms with Gasteiger partial charge in [0.2, 0.25) is 5.75 Å². The normalized spacial score (nSPS) is 10.8. The Morgan fingerprint density at radius 1 is 0.969 bits per heavy atom. The molecule has 7 nitrogen and oxygen atoms in total. The minimum Gasteiger partial charge on any atom is -0.493 e. The Kier molecular flexibility index (Phi) is 10.0. The highest BCUT2D eigenvalue weighted by Crippen LogP contribution is 2.38. The Labute approximate surface area is 210 Å². The van der Waals surface area contributed by atoms with Crippen molar-refractivity contribution in [2.75, 3.05) is 28.4 Å². The number of halogens is 1. The highest BCUT2D eigenvalue weighted by molar-refractivity contribution is 14.0. The van der Waals surface area contributed by atoms with Crippen LogP contribution in [0.3, 0.4) is 0 Å². The predicted molar refractivity (Wildman–Crippen MR) is 141 cm³/mol. The molecule has 0 unspecified atom stereocenters. The van der Waals surface area contributed by atoms with Crippen molar-refractivity contribution < 1.29 is 14.2 Å². The summed E-state index contributed by atoms with van der Waals surface area (Å²) in [7, 11) is 6.56. The number of hydrogen-bond donors (Lipinski definition) is 2. The van der Waals surface area contributed by atoms with Crippen LogP contribution in [0.15, 0.2) is 47.5 Å². The van der Waals surface area contributed by atoms with Crippen molar-refractivity contribution in [1.82, 2.24) is 15.6 Å². The topological polar surface area (TPSA) is 77.0 Å². The first-order chi connectivity index (χ1) is 15.1. The number of methoxy groups -OCH3 is 3. The Morgan fingerprint density at radius 3 is 2.16 bits per heavy atom. The summed E-state index contributed by atoms with van der Waals surface area (Å²) in [5.74, 6) is 2.51. The Hall–Kier alpha value is -2.53. The van der Waals surface area contributed by atoms with Gasteiger partial charge in [0, 0.05) is 24.0 Å². The molecular weight excluding hydrogens is 539 g/mol. The van der Waals surface area contributed by atoms with Crippen LogP contribution in [0.4, 0.5) is 0 Å². The SMILES string of the molecule is CN=C(NCc1cc(OC)c(OC)c(OC)c1)NCc1sc(-c2ccccc2)nc1C.I. The molecule has 9 heteroatoms. The fraction of sp³-hybridized carbons (Fsp3) is 0.304. The lowest BCUT2D eigenvalue weighted by Gasteiger charge is -2.15. The molecule has 0 aliphatic heterocycles. The number of nitrogens with zero attached hydrogens (tertiary/aromatic N) is 2. The van der Waals surface area contributed by atoms with E-state index in [4.69, 9.17) is 19.2 Å². The molecule has 0 atom stereocenters. The Bertz CT molecular complexity index is 1020. The van der Waals surface area contributed by atoms with Gasteiger partial charge in [0.25, 0.3) is 0 Å². The zero-order valence-electron chi connectivity index (χ0n) is 18.9. The van der Waals surface area contributed by atoms with Gasteiger partial charge in [-0.3, -0.25) is 4.99 Å². The van der Waals surface area contributed by atoms with E-state index in [2.05, 4.69) is 27.8 Å². The van der Waals surface area contributed by atoms with E-state index in [-0.39, 0.29) is 24.0 Å². The number of rotatable bonds is 8. The van der Waals surface area contributed by atoms with Gasteiger partial charge in [-0.15, -0.1) is 35.3 Å². The van der Waals surface area contributed by atoms with E-state index in [1.54, 1.807) is 39.7 Å². The molecule has 2 N–H and O–H groups in total. The van der Waals surface area contributed by atoms with Gasteiger partial charge in [-0.1, -0.05) is 30.3 Å². The van der Waals surface area contributed by atoms with E-state index in [1.165, 1.54) is 4.88 Å². The van der Waals surface area contributed by atoms with Gasteiger partial charge in [-0.25, -0.2) is 4.98 Å². The second-order valence-corrected chi connectivity index (χ2v) is 7.79. The van der Waals surface area contributed by atoms with E-state index in [1.807, 2.05) is 37.3 Å². The number of guanidine groups is 1. The quantitative estimate of drug-likeness (QED) is 0.235. The third-order valence-corrected chi connectivity index (χ3v) is 5.94. The second-order valence-electron chi connectivity index (χ2n) is 6.71. The third-order valence-electron chi connectivity index (χ3n) is 4.74. The van der Waals surface area contributed by atoms with Crippen molar-refractivity contribution in [3.63, 3.8) is 0 Å². The van der Waals surface area contributed by atoms with Gasteiger partial charge in [0.1, 0.15) is 5.01 Å². The lowest BCUT2D eigenvalue weighted by atomic mass is 10.2. The minimum absolute atomic E-state index is 0. The van der Waals surface area contributed by atoms with E-state index >= 15 is 0 Å². The van der Waals surface area contributed by atoms with Crippen LogP contribution in [0.25, 0.3) is 10.6 Å². The van der Waals surface area contributed by atoms with Crippen LogP contribution >= 0.6 is 35.3 Å². The first kappa shape index (κ1) is 25.7. The molecule has 0 saturated carbocycles. The number of aliphatic imine (C=N–C) groups is 1. The standard InChI is InChI=1S/C23H28N4O3S.HI/c1-15-20(31-22(27-15)17-9-7-6-8-10-17)14-26-23(24-2)25-13-16-11-18(28-3)21(30-5)19(12-16)29-4;/h6-12H,13-14H2,1-5H3,(H2,24,25,26);1H. The molecule has 0 saturated heterocycles. The van der Waals surface area contributed by atoms with E-state index in [0.29, 0.717) is 36.3 Å². The maximum Gasteiger partial charge on any atom is 0.203 e. The van der Waals surface area contributed by atoms with Crippen molar-refractivity contribution in [2.24, 2.45) is 4.99 Å². The molecule has 2 aromatic carbocycles. The van der Waals surface area contributed by atoms with Crippen molar-refractivity contribution in [2.45, 2.75) is 20.0 Å². The fourth-order valence-corrected chi connectivity index (χ4v) is 4.11. The average molecular weight is 568 g/mol. The summed E-state index contributed by atoms with van der Waals surface area (Å²) >= 11 is 1.69. The molecule has 0 spiro atoms.